The quantitative estimate of drug-likeness (QED) is 0.436. The number of anilines is 1. The molecule has 1 amide bonds. The molecule has 1 aliphatic rings. The van der Waals surface area contributed by atoms with E-state index in [0.29, 0.717) is 47.7 Å². The average Bonchev–Trinajstić information content (AvgIpc) is 3.48. The van der Waals surface area contributed by atoms with Gasteiger partial charge in [-0.3, -0.25) is 14.1 Å². The van der Waals surface area contributed by atoms with Crippen LogP contribution in [0.5, 0.6) is 11.5 Å². The first kappa shape index (κ1) is 24.0. The highest BCUT2D eigenvalue weighted by Crippen LogP contribution is 2.38. The topological polar surface area (TPSA) is 94.7 Å². The normalized spacial score (nSPS) is 15.9. The van der Waals surface area contributed by atoms with E-state index in [9.17, 15) is 4.79 Å². The van der Waals surface area contributed by atoms with Crippen molar-refractivity contribution in [2.24, 2.45) is 0 Å². The third kappa shape index (κ3) is 5.01. The number of aryl methyl sites for hydroxylation is 1. The standard InChI is InChI=1S/C24H31N5O4S/c1-5-8-21(30)28-14-7-9-17(15-28)34-27-24-26-25-23(20-13-12-16(2)33-20)29(24)22-18(31-3)10-6-11-19(22)32-4/h6,10-13,17H,5,7-9,14-15H2,1-4H3,(H,26,27). The van der Waals surface area contributed by atoms with Gasteiger partial charge in [0.15, 0.2) is 5.76 Å². The molecule has 34 heavy (non-hydrogen) atoms. The van der Waals surface area contributed by atoms with Crippen LogP contribution in [-0.4, -0.2) is 58.1 Å². The van der Waals surface area contributed by atoms with Gasteiger partial charge in [0, 0.05) is 24.8 Å². The van der Waals surface area contributed by atoms with Crippen LogP contribution in [0.1, 0.15) is 38.4 Å². The van der Waals surface area contributed by atoms with Crippen molar-refractivity contribution < 1.29 is 18.7 Å². The van der Waals surface area contributed by atoms with Crippen LogP contribution >= 0.6 is 11.9 Å². The van der Waals surface area contributed by atoms with Gasteiger partial charge in [0.25, 0.3) is 0 Å². The summed E-state index contributed by atoms with van der Waals surface area (Å²) in [6.07, 6.45) is 3.46. The molecule has 1 atom stereocenters. The van der Waals surface area contributed by atoms with E-state index in [1.54, 1.807) is 26.2 Å². The van der Waals surface area contributed by atoms with Crippen LogP contribution in [0.25, 0.3) is 17.3 Å². The molecule has 3 aromatic rings. The third-order valence-corrected chi connectivity index (χ3v) is 6.78. The minimum absolute atomic E-state index is 0.227. The molecule has 9 nitrogen and oxygen atoms in total. The van der Waals surface area contributed by atoms with Gasteiger partial charge in [0.2, 0.25) is 17.7 Å². The van der Waals surface area contributed by atoms with Crippen molar-refractivity contribution in [1.29, 1.82) is 0 Å². The molecule has 1 saturated heterocycles. The second-order valence-electron chi connectivity index (χ2n) is 8.18. The van der Waals surface area contributed by atoms with E-state index in [1.165, 1.54) is 0 Å². The van der Waals surface area contributed by atoms with Gasteiger partial charge in [0.05, 0.1) is 14.2 Å². The molecule has 0 bridgehead atoms. The summed E-state index contributed by atoms with van der Waals surface area (Å²) in [6, 6.07) is 9.36. The number of nitrogens with one attached hydrogen (secondary N) is 1. The first-order valence-electron chi connectivity index (χ1n) is 11.5. The highest BCUT2D eigenvalue weighted by atomic mass is 32.2. The van der Waals surface area contributed by atoms with Crippen LogP contribution in [0.3, 0.4) is 0 Å². The Kier molecular flexibility index (Phi) is 7.66. The van der Waals surface area contributed by atoms with Crippen molar-refractivity contribution >= 4 is 23.8 Å². The monoisotopic (exact) mass is 485 g/mol. The van der Waals surface area contributed by atoms with Crippen molar-refractivity contribution in [2.45, 2.75) is 44.8 Å². The van der Waals surface area contributed by atoms with Gasteiger partial charge in [-0.05, 0) is 62.4 Å². The van der Waals surface area contributed by atoms with Gasteiger partial charge in [-0.25, -0.2) is 0 Å². The average molecular weight is 486 g/mol. The maximum Gasteiger partial charge on any atom is 0.239 e. The molecular weight excluding hydrogens is 454 g/mol. The molecule has 0 aliphatic carbocycles. The molecule has 1 aromatic carbocycles. The molecule has 1 aliphatic heterocycles. The smallest absolute Gasteiger partial charge is 0.239 e. The van der Waals surface area contributed by atoms with Crippen molar-refractivity contribution in [3.8, 4) is 28.8 Å². The van der Waals surface area contributed by atoms with Gasteiger partial charge < -0.3 is 18.8 Å². The van der Waals surface area contributed by atoms with Crippen molar-refractivity contribution in [1.82, 2.24) is 19.7 Å². The number of piperidine rings is 1. The van der Waals surface area contributed by atoms with Crippen LogP contribution in [0, 0.1) is 6.92 Å². The van der Waals surface area contributed by atoms with Crippen LogP contribution < -0.4 is 14.2 Å². The summed E-state index contributed by atoms with van der Waals surface area (Å²) >= 11 is 1.56. The fourth-order valence-corrected chi connectivity index (χ4v) is 5.04. The number of carbonyl (C=O) groups is 1. The minimum atomic E-state index is 0.227. The number of benzene rings is 1. The number of rotatable bonds is 9. The molecule has 10 heteroatoms. The zero-order valence-corrected chi connectivity index (χ0v) is 20.9. The zero-order chi connectivity index (χ0) is 24.1. The van der Waals surface area contributed by atoms with Gasteiger partial charge in [-0.2, -0.15) is 0 Å². The van der Waals surface area contributed by atoms with Crippen LogP contribution in [0.4, 0.5) is 5.95 Å². The SMILES string of the molecule is CCCC(=O)N1CCCC(SNc2nnc(-c3ccc(C)o3)n2-c2c(OC)cccc2OC)C1. The van der Waals surface area contributed by atoms with E-state index >= 15 is 0 Å². The summed E-state index contributed by atoms with van der Waals surface area (Å²) in [5.41, 5.74) is 0.674. The van der Waals surface area contributed by atoms with E-state index in [4.69, 9.17) is 13.9 Å². The molecule has 4 rings (SSSR count). The number of hydrogen-bond acceptors (Lipinski definition) is 8. The number of nitrogens with zero attached hydrogens (tertiary/aromatic N) is 4. The molecule has 0 spiro atoms. The Balaban J connectivity index is 1.66. The summed E-state index contributed by atoms with van der Waals surface area (Å²) in [4.78, 5) is 14.4. The summed E-state index contributed by atoms with van der Waals surface area (Å²) in [5, 5.41) is 9.10. The number of ether oxygens (including phenoxy) is 2. The van der Waals surface area contributed by atoms with Gasteiger partial charge in [-0.15, -0.1) is 10.2 Å². The number of carbonyl (C=O) groups excluding carboxylic acids is 1. The molecule has 0 radical (unpaired) electrons. The predicted octanol–water partition coefficient (Wildman–Crippen LogP) is 4.70. The maximum atomic E-state index is 12.4. The number of amides is 1. The van der Waals surface area contributed by atoms with Crippen LogP contribution in [0.2, 0.25) is 0 Å². The zero-order valence-electron chi connectivity index (χ0n) is 20.0. The number of furan rings is 1. The lowest BCUT2D eigenvalue weighted by Gasteiger charge is -2.32. The molecule has 0 saturated carbocycles. The van der Waals surface area contributed by atoms with E-state index < -0.39 is 0 Å². The molecule has 1 N–H and O–H groups in total. The molecule has 1 fully saturated rings. The lowest BCUT2D eigenvalue weighted by molar-refractivity contribution is -0.131. The van der Waals surface area contributed by atoms with E-state index in [2.05, 4.69) is 14.9 Å². The number of hydrogen-bond donors (Lipinski definition) is 1. The lowest BCUT2D eigenvalue weighted by Crippen LogP contribution is -2.41. The number of methoxy groups -OCH3 is 2. The largest absolute Gasteiger partial charge is 0.494 e. The Morgan fingerprint density at radius 2 is 1.97 bits per heavy atom. The van der Waals surface area contributed by atoms with Gasteiger partial charge in [0.1, 0.15) is 22.9 Å². The first-order valence-corrected chi connectivity index (χ1v) is 12.4. The second kappa shape index (κ2) is 10.9. The molecule has 3 heterocycles. The van der Waals surface area contributed by atoms with E-state index in [0.717, 1.165) is 31.6 Å². The number of aromatic nitrogens is 3. The number of likely N-dealkylation sites (tertiary alicyclic amines) is 1. The summed E-state index contributed by atoms with van der Waals surface area (Å²) in [7, 11) is 3.23. The van der Waals surface area contributed by atoms with Gasteiger partial charge in [-0.1, -0.05) is 13.0 Å². The first-order chi connectivity index (χ1) is 16.5. The Morgan fingerprint density at radius 1 is 1.21 bits per heavy atom. The van der Waals surface area contributed by atoms with E-state index in [-0.39, 0.29) is 11.2 Å². The minimum Gasteiger partial charge on any atom is -0.494 e. The maximum absolute atomic E-state index is 12.4. The fourth-order valence-electron chi connectivity index (χ4n) is 4.10. The predicted molar refractivity (Wildman–Crippen MR) is 133 cm³/mol. The third-order valence-electron chi connectivity index (χ3n) is 5.76. The highest BCUT2D eigenvalue weighted by molar-refractivity contribution is 8.01. The molecule has 1 unspecified atom stereocenters. The summed E-state index contributed by atoms with van der Waals surface area (Å²) < 4.78 is 22.4. The van der Waals surface area contributed by atoms with Crippen LogP contribution in [-0.2, 0) is 4.79 Å². The van der Waals surface area contributed by atoms with E-state index in [1.807, 2.05) is 53.6 Å². The Bertz CT molecular complexity index is 1110. The Hall–Kier alpha value is -3.14. The highest BCUT2D eigenvalue weighted by Gasteiger charge is 2.27. The van der Waals surface area contributed by atoms with Crippen LogP contribution in [0.15, 0.2) is 34.7 Å². The van der Waals surface area contributed by atoms with Gasteiger partial charge >= 0.3 is 0 Å². The van der Waals surface area contributed by atoms with Crippen molar-refractivity contribution in [3.05, 3.63) is 36.1 Å². The Labute approximate surface area is 203 Å². The molecule has 2 aromatic heterocycles. The summed E-state index contributed by atoms with van der Waals surface area (Å²) in [5.74, 6) is 3.88. The number of para-hydroxylation sites is 1. The molecule has 182 valence electrons. The fraction of sp³-hybridized carbons (Fsp3) is 0.458. The molecular formula is C24H31N5O4S. The lowest BCUT2D eigenvalue weighted by atomic mass is 10.1. The van der Waals surface area contributed by atoms with Crippen molar-refractivity contribution in [3.63, 3.8) is 0 Å². The second-order valence-corrected chi connectivity index (χ2v) is 9.28. The summed E-state index contributed by atoms with van der Waals surface area (Å²) in [6.45, 7) is 5.46. The Morgan fingerprint density at radius 3 is 2.62 bits per heavy atom. The van der Waals surface area contributed by atoms with Crippen molar-refractivity contribution in [2.75, 3.05) is 32.0 Å².